The number of hydrogen-bond donors (Lipinski definition) is 1. The van der Waals surface area contributed by atoms with Gasteiger partial charge in [0.15, 0.2) is 0 Å². The van der Waals surface area contributed by atoms with E-state index in [0.717, 1.165) is 24.4 Å². The highest BCUT2D eigenvalue weighted by Gasteiger charge is 1.90. The van der Waals surface area contributed by atoms with Gasteiger partial charge in [-0.3, -0.25) is 0 Å². The summed E-state index contributed by atoms with van der Waals surface area (Å²) < 4.78 is 5.26. The van der Waals surface area contributed by atoms with E-state index in [1.54, 1.807) is 7.11 Å². The Kier molecular flexibility index (Phi) is 10.7. The molecule has 0 aliphatic heterocycles. The van der Waals surface area contributed by atoms with Gasteiger partial charge >= 0.3 is 0 Å². The first kappa shape index (κ1) is 16.3. The first-order chi connectivity index (χ1) is 8.78. The minimum Gasteiger partial charge on any atom is -0.501 e. The molecule has 0 saturated heterocycles. The zero-order valence-corrected chi connectivity index (χ0v) is 11.9. The lowest BCUT2D eigenvalue weighted by Crippen LogP contribution is -2.10. The highest BCUT2D eigenvalue weighted by atomic mass is 16.5. The lowest BCUT2D eigenvalue weighted by atomic mass is 10.3. The summed E-state index contributed by atoms with van der Waals surface area (Å²) in [5.41, 5.74) is 1.14. The molecule has 0 rings (SSSR count). The molecule has 0 radical (unpaired) electrons. The number of ether oxygens (including phenoxy) is 1. The Bertz CT molecular complexity index is 346. The summed E-state index contributed by atoms with van der Waals surface area (Å²) in [5.74, 6) is 0.962. The van der Waals surface area contributed by atoms with Gasteiger partial charge in [0.25, 0.3) is 0 Å². The van der Waals surface area contributed by atoms with E-state index in [-0.39, 0.29) is 0 Å². The summed E-state index contributed by atoms with van der Waals surface area (Å²) in [6.45, 7) is 6.85. The van der Waals surface area contributed by atoms with Crippen LogP contribution in [0.4, 0.5) is 0 Å². The standard InChI is InChI=1S/C16H25NO/c1-5-8-12-16(18-4)13-9-10-14-17-15(7-3)11-6-2/h5-12,17H,13-14H2,1-4H3/b8-5-,10-9+,11-6-,15-7+,16-12+. The molecule has 2 nitrogen and oxygen atoms in total. The summed E-state index contributed by atoms with van der Waals surface area (Å²) in [7, 11) is 1.70. The van der Waals surface area contributed by atoms with E-state index in [2.05, 4.69) is 29.6 Å². The summed E-state index contributed by atoms with van der Waals surface area (Å²) in [5, 5.41) is 3.32. The Morgan fingerprint density at radius 2 is 1.89 bits per heavy atom. The SMILES string of the molecule is C/C=C\C=C(/C/C=C/CNC(/C=C\C)=C/C)OC. The molecule has 0 unspecified atom stereocenters. The van der Waals surface area contributed by atoms with Crippen molar-refractivity contribution < 1.29 is 4.74 Å². The van der Waals surface area contributed by atoms with E-state index < -0.39 is 0 Å². The molecule has 0 amide bonds. The van der Waals surface area contributed by atoms with Crippen molar-refractivity contribution in [3.63, 3.8) is 0 Å². The molecular weight excluding hydrogens is 222 g/mol. The van der Waals surface area contributed by atoms with E-state index in [1.807, 2.05) is 45.1 Å². The second kappa shape index (κ2) is 11.8. The predicted molar refractivity (Wildman–Crippen MR) is 80.2 cm³/mol. The van der Waals surface area contributed by atoms with Crippen LogP contribution in [-0.2, 0) is 4.74 Å². The monoisotopic (exact) mass is 247 g/mol. The van der Waals surface area contributed by atoms with Crippen LogP contribution in [0.1, 0.15) is 27.2 Å². The number of rotatable bonds is 8. The average molecular weight is 247 g/mol. The van der Waals surface area contributed by atoms with Crippen molar-refractivity contribution in [2.75, 3.05) is 13.7 Å². The molecular formula is C16H25NO. The normalized spacial score (nSPS) is 14.0. The van der Waals surface area contributed by atoms with Crippen molar-refractivity contribution in [2.45, 2.75) is 27.2 Å². The molecule has 0 heterocycles. The van der Waals surface area contributed by atoms with Crippen molar-refractivity contribution in [1.29, 1.82) is 0 Å². The fourth-order valence-electron chi connectivity index (χ4n) is 1.32. The van der Waals surface area contributed by atoms with Crippen LogP contribution in [-0.4, -0.2) is 13.7 Å². The van der Waals surface area contributed by atoms with Crippen LogP contribution in [0.15, 0.2) is 60.1 Å². The van der Waals surface area contributed by atoms with Crippen molar-refractivity contribution in [2.24, 2.45) is 0 Å². The van der Waals surface area contributed by atoms with Crippen LogP contribution in [0.3, 0.4) is 0 Å². The predicted octanol–water partition coefficient (Wildman–Crippen LogP) is 4.11. The van der Waals surface area contributed by atoms with Gasteiger partial charge in [0, 0.05) is 18.7 Å². The second-order valence-electron chi connectivity index (χ2n) is 3.66. The van der Waals surface area contributed by atoms with Crippen LogP contribution >= 0.6 is 0 Å². The smallest absolute Gasteiger partial charge is 0.0992 e. The Hall–Kier alpha value is -1.70. The summed E-state index contributed by atoms with van der Waals surface area (Å²) in [6.07, 6.45) is 17.1. The highest BCUT2D eigenvalue weighted by Crippen LogP contribution is 2.03. The minimum absolute atomic E-state index is 0.817. The van der Waals surface area contributed by atoms with Gasteiger partial charge in [-0.15, -0.1) is 0 Å². The Balaban J connectivity index is 4.03. The van der Waals surface area contributed by atoms with Crippen LogP contribution in [0, 0.1) is 0 Å². The van der Waals surface area contributed by atoms with E-state index in [0.29, 0.717) is 0 Å². The Labute approximate surface area is 111 Å². The number of allylic oxidation sites excluding steroid dienone is 7. The molecule has 18 heavy (non-hydrogen) atoms. The average Bonchev–Trinajstić information content (AvgIpc) is 2.40. The maximum Gasteiger partial charge on any atom is 0.0992 e. The molecule has 0 fully saturated rings. The molecule has 1 N–H and O–H groups in total. The maximum absolute atomic E-state index is 5.26. The lowest BCUT2D eigenvalue weighted by Gasteiger charge is -2.03. The van der Waals surface area contributed by atoms with E-state index in [9.17, 15) is 0 Å². The molecule has 2 heteroatoms. The Morgan fingerprint density at radius 3 is 2.44 bits per heavy atom. The van der Waals surface area contributed by atoms with Crippen molar-refractivity contribution in [1.82, 2.24) is 5.32 Å². The first-order valence-electron chi connectivity index (χ1n) is 6.32. The van der Waals surface area contributed by atoms with Gasteiger partial charge in [-0.2, -0.15) is 0 Å². The number of nitrogens with one attached hydrogen (secondary N) is 1. The summed E-state index contributed by atoms with van der Waals surface area (Å²) in [6, 6.07) is 0. The second-order valence-corrected chi connectivity index (χ2v) is 3.66. The van der Waals surface area contributed by atoms with Crippen molar-refractivity contribution in [3.8, 4) is 0 Å². The van der Waals surface area contributed by atoms with Crippen LogP contribution in [0.25, 0.3) is 0 Å². The highest BCUT2D eigenvalue weighted by molar-refractivity contribution is 5.16. The zero-order valence-electron chi connectivity index (χ0n) is 11.9. The third kappa shape index (κ3) is 8.45. The van der Waals surface area contributed by atoms with Gasteiger partial charge in [0.05, 0.1) is 12.9 Å². The molecule has 0 aromatic rings. The van der Waals surface area contributed by atoms with Crippen molar-refractivity contribution >= 4 is 0 Å². The molecule has 100 valence electrons. The van der Waals surface area contributed by atoms with E-state index in [1.165, 1.54) is 0 Å². The van der Waals surface area contributed by atoms with Gasteiger partial charge in [-0.1, -0.05) is 36.5 Å². The quantitative estimate of drug-likeness (QED) is 0.396. The molecule has 0 aliphatic carbocycles. The molecule has 0 aromatic carbocycles. The molecule has 0 aromatic heterocycles. The number of hydrogen-bond acceptors (Lipinski definition) is 2. The molecule has 0 aliphatic rings. The minimum atomic E-state index is 0.817. The van der Waals surface area contributed by atoms with E-state index >= 15 is 0 Å². The van der Waals surface area contributed by atoms with Gasteiger partial charge in [0.1, 0.15) is 0 Å². The van der Waals surface area contributed by atoms with Crippen LogP contribution < -0.4 is 5.32 Å². The fraction of sp³-hybridized carbons (Fsp3) is 0.375. The summed E-state index contributed by atoms with van der Waals surface area (Å²) in [4.78, 5) is 0. The first-order valence-corrected chi connectivity index (χ1v) is 6.32. The Morgan fingerprint density at radius 1 is 1.11 bits per heavy atom. The van der Waals surface area contributed by atoms with Gasteiger partial charge < -0.3 is 10.1 Å². The van der Waals surface area contributed by atoms with Crippen LogP contribution in [0.2, 0.25) is 0 Å². The molecule has 0 atom stereocenters. The van der Waals surface area contributed by atoms with Gasteiger partial charge in [-0.05, 0) is 32.9 Å². The topological polar surface area (TPSA) is 21.3 Å². The van der Waals surface area contributed by atoms with Crippen LogP contribution in [0.5, 0.6) is 0 Å². The molecule has 0 bridgehead atoms. The van der Waals surface area contributed by atoms with Gasteiger partial charge in [-0.25, -0.2) is 0 Å². The van der Waals surface area contributed by atoms with Gasteiger partial charge in [0.2, 0.25) is 0 Å². The largest absolute Gasteiger partial charge is 0.501 e. The third-order valence-corrected chi connectivity index (χ3v) is 2.30. The van der Waals surface area contributed by atoms with Crippen molar-refractivity contribution in [3.05, 3.63) is 60.1 Å². The van der Waals surface area contributed by atoms with E-state index in [4.69, 9.17) is 4.74 Å². The fourth-order valence-corrected chi connectivity index (χ4v) is 1.32. The maximum atomic E-state index is 5.26. The number of methoxy groups -OCH3 is 1. The molecule has 0 saturated carbocycles. The summed E-state index contributed by atoms with van der Waals surface area (Å²) >= 11 is 0. The third-order valence-electron chi connectivity index (χ3n) is 2.30. The lowest BCUT2D eigenvalue weighted by molar-refractivity contribution is 0.285. The zero-order chi connectivity index (χ0) is 13.6. The molecule has 0 spiro atoms.